The van der Waals surface area contributed by atoms with Gasteiger partial charge in [0.2, 0.25) is 0 Å². The van der Waals surface area contributed by atoms with Crippen LogP contribution in [0.5, 0.6) is 0 Å². The van der Waals surface area contributed by atoms with Gasteiger partial charge < -0.3 is 51.8 Å². The van der Waals surface area contributed by atoms with Crippen LogP contribution in [0.4, 0.5) is 0 Å². The largest absolute Gasteiger partial charge is 1.00 e. The molecule has 0 fully saturated rings. The minimum absolute atomic E-state index is 0. The molecule has 0 aromatic heterocycles. The van der Waals surface area contributed by atoms with Crippen LogP contribution < -0.4 is 29.6 Å². The van der Waals surface area contributed by atoms with E-state index in [9.17, 15) is 0 Å². The Morgan fingerprint density at radius 1 is 0.333 bits per heavy atom. The van der Waals surface area contributed by atoms with E-state index in [4.69, 9.17) is 0 Å². The molecule has 0 saturated heterocycles. The predicted molar refractivity (Wildman–Crippen MR) is 34.1 cm³/mol. The average Bonchev–Trinajstić information content (AvgIpc) is 0. The molecule has 0 rings (SSSR count). The Bertz CT molecular complexity index is 8.88. The first-order valence-electron chi connectivity index (χ1n) is 0. The van der Waals surface area contributed by atoms with Crippen molar-refractivity contribution >= 4 is 13.5 Å². The summed E-state index contributed by atoms with van der Waals surface area (Å²) in [5.74, 6) is 0. The zero-order chi connectivity index (χ0) is 0. The summed E-state index contributed by atoms with van der Waals surface area (Å²) in [5, 5.41) is 0. The van der Waals surface area contributed by atoms with Crippen molar-refractivity contribution in [1.29, 1.82) is 0 Å². The molecule has 0 aromatic carbocycles. The Morgan fingerprint density at radius 2 is 0.333 bits per heavy atom. The number of rotatable bonds is 0. The fourth-order valence-electron chi connectivity index (χ4n) is 0. The summed E-state index contributed by atoms with van der Waals surface area (Å²) < 4.78 is 0. The van der Waals surface area contributed by atoms with Gasteiger partial charge in [-0.1, -0.05) is 0 Å². The van der Waals surface area contributed by atoms with Crippen LogP contribution in [0.2, 0.25) is 0 Å². The van der Waals surface area contributed by atoms with Gasteiger partial charge in [-0.25, -0.2) is 0 Å². The first kappa shape index (κ1) is 724. The molecule has 0 aromatic rings. The van der Waals surface area contributed by atoms with E-state index >= 15 is 0 Å². The van der Waals surface area contributed by atoms with Gasteiger partial charge in [0.1, 0.15) is 0 Å². The summed E-state index contributed by atoms with van der Waals surface area (Å²) in [6.07, 6.45) is 0. The molecule has 0 radical (unpaired) electrons. The third-order valence-corrected chi connectivity index (χ3v) is 0. The fraction of sp³-hybridized carbons (Fsp3) is 0. The second-order valence-corrected chi connectivity index (χ2v) is 0. The normalized spacial score (nSPS) is 0. The standard InChI is InChI=1S/Na.7H2O.H2S/h;8*1H2/q+1;;;;;;;;/p-1. The second-order valence-electron chi connectivity index (χ2n) is 0. The minimum atomic E-state index is 0. The minimum Gasteiger partial charge on any atom is -0.813 e. The molecule has 64 valence electrons. The summed E-state index contributed by atoms with van der Waals surface area (Å²) in [5.41, 5.74) is 0. The molecule has 0 aliphatic rings. The number of hydrogen-bond acceptors (Lipinski definition) is 1. The van der Waals surface area contributed by atoms with Gasteiger partial charge in [0.05, 0.1) is 0 Å². The molecule has 14 N–H and O–H groups in total. The Labute approximate surface area is 81.3 Å². The molecule has 0 unspecified atom stereocenters. The summed E-state index contributed by atoms with van der Waals surface area (Å²) in [4.78, 5) is 0. The molecule has 0 heterocycles. The van der Waals surface area contributed by atoms with Crippen molar-refractivity contribution < 1.29 is 67.9 Å². The van der Waals surface area contributed by atoms with Crippen molar-refractivity contribution in [3.8, 4) is 0 Å². The molecule has 0 saturated carbocycles. The van der Waals surface area contributed by atoms with Gasteiger partial charge in [0.25, 0.3) is 0 Å². The molecule has 9 heteroatoms. The second kappa shape index (κ2) is 516. The summed E-state index contributed by atoms with van der Waals surface area (Å²) >= 11 is 0. The first-order chi connectivity index (χ1) is 0. The third kappa shape index (κ3) is 396. The SMILES string of the molecule is O.O.O.O.O.O.O.[Na+].[SH-]. The van der Waals surface area contributed by atoms with Crippen LogP contribution in [0, 0.1) is 0 Å². The van der Waals surface area contributed by atoms with E-state index < -0.39 is 0 Å². The molecular formula is H15NaO7S. The Kier molecular flexibility index (Phi) is 41500. The van der Waals surface area contributed by atoms with E-state index in [-0.39, 0.29) is 81.4 Å². The molecule has 0 bridgehead atoms. The van der Waals surface area contributed by atoms with Crippen molar-refractivity contribution in [2.24, 2.45) is 0 Å². The Hall–Kier alpha value is 1.07. The van der Waals surface area contributed by atoms with Crippen LogP contribution in [0.3, 0.4) is 0 Å². The van der Waals surface area contributed by atoms with Gasteiger partial charge in [-0.3, -0.25) is 0 Å². The van der Waals surface area contributed by atoms with Crippen molar-refractivity contribution in [2.45, 2.75) is 0 Å². The van der Waals surface area contributed by atoms with Gasteiger partial charge >= 0.3 is 29.6 Å². The van der Waals surface area contributed by atoms with E-state index in [0.29, 0.717) is 0 Å². The van der Waals surface area contributed by atoms with E-state index in [0.717, 1.165) is 0 Å². The maximum Gasteiger partial charge on any atom is 1.00 e. The van der Waals surface area contributed by atoms with E-state index in [1.165, 1.54) is 0 Å². The van der Waals surface area contributed by atoms with Gasteiger partial charge in [0.15, 0.2) is 0 Å². The molecular weight excluding hydrogens is 167 g/mol. The molecule has 0 atom stereocenters. The van der Waals surface area contributed by atoms with Crippen LogP contribution in [0.25, 0.3) is 0 Å². The molecule has 0 spiro atoms. The first-order valence-corrected chi connectivity index (χ1v) is 0. The Morgan fingerprint density at radius 3 is 0.333 bits per heavy atom. The van der Waals surface area contributed by atoms with Crippen molar-refractivity contribution in [2.75, 3.05) is 0 Å². The van der Waals surface area contributed by atoms with Crippen molar-refractivity contribution in [3.63, 3.8) is 0 Å². The van der Waals surface area contributed by atoms with Crippen LogP contribution in [-0.4, -0.2) is 38.3 Å². The number of hydrogen-bond donors (Lipinski definition) is 0. The fourth-order valence-corrected chi connectivity index (χ4v) is 0. The van der Waals surface area contributed by atoms with E-state index in [1.54, 1.807) is 0 Å². The topological polar surface area (TPSA) is 220 Å². The van der Waals surface area contributed by atoms with Crippen LogP contribution >= 0.6 is 0 Å². The third-order valence-electron chi connectivity index (χ3n) is 0. The van der Waals surface area contributed by atoms with Gasteiger partial charge in [-0.05, 0) is 0 Å². The van der Waals surface area contributed by atoms with Crippen molar-refractivity contribution in [3.05, 3.63) is 0 Å². The number of thiol groups is 1. The maximum atomic E-state index is 0. The van der Waals surface area contributed by atoms with Gasteiger partial charge in [-0.2, -0.15) is 0 Å². The average molecular weight is 182 g/mol. The summed E-state index contributed by atoms with van der Waals surface area (Å²) in [6, 6.07) is 0. The quantitative estimate of drug-likeness (QED) is 0.198. The van der Waals surface area contributed by atoms with Crippen LogP contribution in [0.1, 0.15) is 0 Å². The molecule has 7 nitrogen and oxygen atoms in total. The Balaban J connectivity index is 0. The smallest absolute Gasteiger partial charge is 0.813 e. The zero-order valence-electron chi connectivity index (χ0n) is 4.95. The summed E-state index contributed by atoms with van der Waals surface area (Å²) in [7, 11) is 0. The predicted octanol–water partition coefficient (Wildman–Crippen LogP) is -9.04. The van der Waals surface area contributed by atoms with Crippen molar-refractivity contribution in [1.82, 2.24) is 0 Å². The monoisotopic (exact) mass is 182 g/mol. The zero-order valence-corrected chi connectivity index (χ0v) is 7.84. The van der Waals surface area contributed by atoms with Crippen LogP contribution in [0.15, 0.2) is 0 Å². The van der Waals surface area contributed by atoms with Crippen LogP contribution in [-0.2, 0) is 13.5 Å². The summed E-state index contributed by atoms with van der Waals surface area (Å²) in [6.45, 7) is 0. The molecule has 0 amide bonds. The molecule has 0 aliphatic carbocycles. The van der Waals surface area contributed by atoms with Gasteiger partial charge in [-0.15, -0.1) is 0 Å². The van der Waals surface area contributed by atoms with E-state index in [1.807, 2.05) is 0 Å². The maximum absolute atomic E-state index is 0. The van der Waals surface area contributed by atoms with Gasteiger partial charge in [0, 0.05) is 0 Å². The molecule has 9 heavy (non-hydrogen) atoms. The van der Waals surface area contributed by atoms with E-state index in [2.05, 4.69) is 0 Å². The molecule has 0 aliphatic heterocycles.